The lowest BCUT2D eigenvalue weighted by atomic mass is 9.86. The number of nitrogens with one attached hydrogen (secondary N) is 1. The quantitative estimate of drug-likeness (QED) is 0.806. The number of hydrogen-bond donors (Lipinski definition) is 1. The highest BCUT2D eigenvalue weighted by Crippen LogP contribution is 2.28. The van der Waals surface area contributed by atoms with Crippen molar-refractivity contribution in [1.29, 1.82) is 0 Å². The van der Waals surface area contributed by atoms with Crippen LogP contribution in [0.15, 0.2) is 30.3 Å². The molecule has 3 rings (SSSR count). The van der Waals surface area contributed by atoms with E-state index >= 15 is 0 Å². The van der Waals surface area contributed by atoms with Gasteiger partial charge in [-0.05, 0) is 25.7 Å². The number of rotatable bonds is 6. The van der Waals surface area contributed by atoms with E-state index in [-0.39, 0.29) is 11.2 Å². The van der Waals surface area contributed by atoms with Crippen LogP contribution in [0.4, 0.5) is 0 Å². The van der Waals surface area contributed by atoms with E-state index in [2.05, 4.69) is 22.4 Å². The number of hydrogen-bond acceptors (Lipinski definition) is 5. The number of carbonyl (C=O) groups excluding carboxylic acids is 1. The zero-order valence-electron chi connectivity index (χ0n) is 14.8. The molecule has 0 aliphatic heterocycles. The summed E-state index contributed by atoms with van der Waals surface area (Å²) in [5.74, 6) is 1.46. The molecule has 0 saturated heterocycles. The normalized spacial score (nSPS) is 21.7. The van der Waals surface area contributed by atoms with Crippen molar-refractivity contribution in [3.63, 3.8) is 0 Å². The van der Waals surface area contributed by atoms with Crippen molar-refractivity contribution in [2.24, 2.45) is 5.92 Å². The molecule has 4 nitrogen and oxygen atoms in total. The highest BCUT2D eigenvalue weighted by Gasteiger charge is 2.25. The van der Waals surface area contributed by atoms with Crippen LogP contribution in [0.25, 0.3) is 10.6 Å². The first-order valence-corrected chi connectivity index (χ1v) is 10.8. The molecule has 0 spiro atoms. The summed E-state index contributed by atoms with van der Waals surface area (Å²) in [6, 6.07) is 10.4. The molecule has 1 aromatic heterocycles. The van der Waals surface area contributed by atoms with Crippen LogP contribution >= 0.6 is 23.1 Å². The van der Waals surface area contributed by atoms with E-state index in [9.17, 15) is 4.79 Å². The van der Waals surface area contributed by atoms with Crippen molar-refractivity contribution in [1.82, 2.24) is 15.5 Å². The first-order valence-electron chi connectivity index (χ1n) is 8.93. The minimum absolute atomic E-state index is 0.0711. The third kappa shape index (κ3) is 5.05. The fourth-order valence-electron chi connectivity index (χ4n) is 3.11. The van der Waals surface area contributed by atoms with E-state index in [0.29, 0.717) is 12.0 Å². The van der Waals surface area contributed by atoms with Gasteiger partial charge in [0, 0.05) is 17.4 Å². The van der Waals surface area contributed by atoms with Crippen molar-refractivity contribution in [3.8, 4) is 10.6 Å². The summed E-state index contributed by atoms with van der Waals surface area (Å²) in [7, 11) is 0. The maximum absolute atomic E-state index is 12.4. The molecule has 0 bridgehead atoms. The Morgan fingerprint density at radius 2 is 2.04 bits per heavy atom. The second-order valence-electron chi connectivity index (χ2n) is 6.70. The molecule has 1 aromatic carbocycles. The molecular formula is C19H25N3OS2. The van der Waals surface area contributed by atoms with E-state index in [0.717, 1.165) is 27.8 Å². The largest absolute Gasteiger partial charge is 0.352 e. The zero-order valence-corrected chi connectivity index (χ0v) is 16.4. The van der Waals surface area contributed by atoms with Crippen LogP contribution in [0.3, 0.4) is 0 Å². The number of carbonyl (C=O) groups is 1. The van der Waals surface area contributed by atoms with E-state index in [4.69, 9.17) is 0 Å². The monoisotopic (exact) mass is 375 g/mol. The molecule has 1 aliphatic rings. The Kier molecular flexibility index (Phi) is 6.48. The van der Waals surface area contributed by atoms with Crippen molar-refractivity contribution >= 4 is 29.0 Å². The van der Waals surface area contributed by atoms with Gasteiger partial charge >= 0.3 is 0 Å². The Balaban J connectivity index is 1.49. The average molecular weight is 376 g/mol. The molecule has 1 fully saturated rings. The van der Waals surface area contributed by atoms with Crippen molar-refractivity contribution in [2.75, 3.05) is 0 Å². The molecular weight excluding hydrogens is 350 g/mol. The summed E-state index contributed by atoms with van der Waals surface area (Å²) < 4.78 is 0. The number of thioether (sulfide) groups is 1. The van der Waals surface area contributed by atoms with Gasteiger partial charge in [0.25, 0.3) is 0 Å². The molecule has 1 heterocycles. The summed E-state index contributed by atoms with van der Waals surface area (Å²) >= 11 is 3.23. The van der Waals surface area contributed by atoms with E-state index in [1.807, 2.05) is 37.3 Å². The smallest absolute Gasteiger partial charge is 0.233 e. The van der Waals surface area contributed by atoms with Gasteiger partial charge in [-0.15, -0.1) is 22.0 Å². The van der Waals surface area contributed by atoms with Gasteiger partial charge in [-0.1, -0.05) is 61.4 Å². The Labute approximate surface area is 157 Å². The van der Waals surface area contributed by atoms with Gasteiger partial charge in [0.15, 0.2) is 0 Å². The van der Waals surface area contributed by atoms with Crippen LogP contribution in [-0.2, 0) is 10.5 Å². The van der Waals surface area contributed by atoms with Gasteiger partial charge in [-0.3, -0.25) is 4.79 Å². The highest BCUT2D eigenvalue weighted by atomic mass is 32.2. The molecule has 25 heavy (non-hydrogen) atoms. The van der Waals surface area contributed by atoms with Crippen molar-refractivity contribution < 1.29 is 4.79 Å². The third-order valence-corrected chi connectivity index (χ3v) is 7.06. The minimum atomic E-state index is -0.0711. The second kappa shape index (κ2) is 8.81. The van der Waals surface area contributed by atoms with Crippen LogP contribution < -0.4 is 5.32 Å². The Morgan fingerprint density at radius 3 is 2.80 bits per heavy atom. The van der Waals surface area contributed by atoms with Gasteiger partial charge in [0.1, 0.15) is 10.0 Å². The average Bonchev–Trinajstić information content (AvgIpc) is 3.11. The Morgan fingerprint density at radius 1 is 1.28 bits per heavy atom. The van der Waals surface area contributed by atoms with Crippen LogP contribution in [0.1, 0.15) is 44.5 Å². The van der Waals surface area contributed by atoms with Crippen LogP contribution in [0.2, 0.25) is 0 Å². The lowest BCUT2D eigenvalue weighted by Crippen LogP contribution is -2.44. The first kappa shape index (κ1) is 18.4. The molecule has 2 aromatic rings. The third-order valence-electron chi connectivity index (χ3n) is 4.75. The molecule has 1 saturated carbocycles. The summed E-state index contributed by atoms with van der Waals surface area (Å²) in [4.78, 5) is 12.4. The van der Waals surface area contributed by atoms with E-state index < -0.39 is 0 Å². The fraction of sp³-hybridized carbons (Fsp3) is 0.526. The predicted octanol–water partition coefficient (Wildman–Crippen LogP) is 4.52. The summed E-state index contributed by atoms with van der Waals surface area (Å²) in [6.45, 7) is 4.22. The standard InChI is InChI=1S/C19H25N3OS2/c1-13-8-6-7-11-16(13)20-18(23)14(2)24-12-17-21-22-19(25-17)15-9-4-3-5-10-15/h3-5,9-10,13-14,16H,6-8,11-12H2,1-2H3,(H,20,23)/t13-,14-,16+/m0/s1. The van der Waals surface area contributed by atoms with Crippen LogP contribution in [-0.4, -0.2) is 27.4 Å². The van der Waals surface area contributed by atoms with Crippen LogP contribution in [0.5, 0.6) is 0 Å². The van der Waals surface area contributed by atoms with Crippen molar-refractivity contribution in [3.05, 3.63) is 35.3 Å². The van der Waals surface area contributed by atoms with Gasteiger partial charge < -0.3 is 5.32 Å². The SMILES string of the molecule is C[C@H](SCc1nnc(-c2ccccc2)s1)C(=O)N[C@@H]1CCCC[C@@H]1C. The highest BCUT2D eigenvalue weighted by molar-refractivity contribution is 7.99. The minimum Gasteiger partial charge on any atom is -0.352 e. The maximum Gasteiger partial charge on any atom is 0.233 e. The Hall–Kier alpha value is -1.40. The van der Waals surface area contributed by atoms with E-state index in [1.165, 1.54) is 19.3 Å². The second-order valence-corrected chi connectivity index (χ2v) is 9.09. The predicted molar refractivity (Wildman–Crippen MR) is 106 cm³/mol. The lowest BCUT2D eigenvalue weighted by Gasteiger charge is -2.30. The summed E-state index contributed by atoms with van der Waals surface area (Å²) in [6.07, 6.45) is 4.85. The van der Waals surface area contributed by atoms with Gasteiger partial charge in [-0.2, -0.15) is 0 Å². The molecule has 134 valence electrons. The molecule has 1 aliphatic carbocycles. The number of nitrogens with zero attached hydrogens (tertiary/aromatic N) is 2. The number of amides is 1. The fourth-order valence-corrected chi connectivity index (χ4v) is 4.86. The molecule has 1 amide bonds. The molecule has 0 radical (unpaired) electrons. The molecule has 0 unspecified atom stereocenters. The summed E-state index contributed by atoms with van der Waals surface area (Å²) in [5, 5.41) is 13.6. The zero-order chi connectivity index (χ0) is 17.6. The van der Waals surface area contributed by atoms with Gasteiger partial charge in [0.05, 0.1) is 5.25 Å². The topological polar surface area (TPSA) is 54.9 Å². The van der Waals surface area contributed by atoms with Gasteiger partial charge in [0.2, 0.25) is 5.91 Å². The Bertz CT molecular complexity index is 689. The number of aromatic nitrogens is 2. The first-order chi connectivity index (χ1) is 12.1. The molecule has 3 atom stereocenters. The van der Waals surface area contributed by atoms with E-state index in [1.54, 1.807) is 23.1 Å². The lowest BCUT2D eigenvalue weighted by molar-refractivity contribution is -0.121. The molecule has 6 heteroatoms. The number of benzene rings is 1. The maximum atomic E-state index is 12.4. The molecule has 1 N–H and O–H groups in total. The van der Waals surface area contributed by atoms with Crippen molar-refractivity contribution in [2.45, 2.75) is 56.6 Å². The van der Waals surface area contributed by atoms with Crippen LogP contribution in [0, 0.1) is 5.92 Å². The summed E-state index contributed by atoms with van der Waals surface area (Å²) in [5.41, 5.74) is 1.09. The van der Waals surface area contributed by atoms with Gasteiger partial charge in [-0.25, -0.2) is 0 Å².